The first-order chi connectivity index (χ1) is 8.89. The number of carbonyl (C=O) groups is 2. The first-order valence-corrected chi connectivity index (χ1v) is 7.41. The second-order valence-corrected chi connectivity index (χ2v) is 6.92. The minimum Gasteiger partial charge on any atom is -0.481 e. The Bertz CT molecular complexity index is 364. The van der Waals surface area contributed by atoms with Gasteiger partial charge in [0, 0.05) is 19.0 Å². The molecular weight excluding hydrogens is 242 g/mol. The molecule has 1 amide bonds. The number of rotatable bonds is 2. The molecule has 2 aliphatic rings. The lowest BCUT2D eigenvalue weighted by atomic mass is 9.71. The number of amides is 1. The van der Waals surface area contributed by atoms with Crippen LogP contribution in [0.25, 0.3) is 0 Å². The molecule has 0 radical (unpaired) electrons. The Morgan fingerprint density at radius 1 is 1.16 bits per heavy atom. The summed E-state index contributed by atoms with van der Waals surface area (Å²) in [7, 11) is 0. The Kier molecular flexibility index (Phi) is 4.16. The first-order valence-electron chi connectivity index (χ1n) is 7.41. The van der Waals surface area contributed by atoms with Crippen LogP contribution in [0.15, 0.2) is 0 Å². The second kappa shape index (κ2) is 5.51. The highest BCUT2D eigenvalue weighted by molar-refractivity contribution is 5.80. The van der Waals surface area contributed by atoms with E-state index in [1.807, 2.05) is 0 Å². The highest BCUT2D eigenvalue weighted by atomic mass is 16.4. The molecule has 1 saturated heterocycles. The van der Waals surface area contributed by atoms with Gasteiger partial charge in [-0.05, 0) is 37.5 Å². The number of carboxylic acids is 1. The van der Waals surface area contributed by atoms with Crippen molar-refractivity contribution < 1.29 is 14.7 Å². The largest absolute Gasteiger partial charge is 0.481 e. The fourth-order valence-corrected chi connectivity index (χ4v) is 3.55. The maximum atomic E-state index is 12.5. The van der Waals surface area contributed by atoms with Gasteiger partial charge < -0.3 is 10.0 Å². The predicted molar refractivity (Wildman–Crippen MR) is 72.7 cm³/mol. The van der Waals surface area contributed by atoms with E-state index in [1.165, 1.54) is 6.42 Å². The Morgan fingerprint density at radius 3 is 2.47 bits per heavy atom. The van der Waals surface area contributed by atoms with Crippen LogP contribution >= 0.6 is 0 Å². The molecule has 108 valence electrons. The zero-order chi connectivity index (χ0) is 14.0. The summed E-state index contributed by atoms with van der Waals surface area (Å²) in [6.45, 7) is 5.59. The summed E-state index contributed by atoms with van der Waals surface area (Å²) in [4.78, 5) is 25.4. The van der Waals surface area contributed by atoms with Crippen molar-refractivity contribution in [3.8, 4) is 0 Å². The number of carbonyl (C=O) groups excluding carboxylic acids is 1. The molecule has 1 N–H and O–H groups in total. The molecule has 1 saturated carbocycles. The first kappa shape index (κ1) is 14.4. The van der Waals surface area contributed by atoms with Gasteiger partial charge in [-0.2, -0.15) is 0 Å². The molecule has 0 aromatic carbocycles. The van der Waals surface area contributed by atoms with Gasteiger partial charge in [0.2, 0.25) is 5.91 Å². The molecule has 2 rings (SSSR count). The molecule has 1 aliphatic carbocycles. The summed E-state index contributed by atoms with van der Waals surface area (Å²) in [6, 6.07) is 0. The van der Waals surface area contributed by atoms with Crippen LogP contribution in [-0.2, 0) is 9.59 Å². The molecule has 0 aromatic heterocycles. The third-order valence-electron chi connectivity index (χ3n) is 4.64. The van der Waals surface area contributed by atoms with Gasteiger partial charge in [-0.15, -0.1) is 0 Å². The molecule has 2 fully saturated rings. The summed E-state index contributed by atoms with van der Waals surface area (Å²) in [5.74, 6) is -0.828. The van der Waals surface area contributed by atoms with Crippen molar-refractivity contribution in [2.45, 2.75) is 52.4 Å². The zero-order valence-electron chi connectivity index (χ0n) is 12.0. The van der Waals surface area contributed by atoms with E-state index in [4.69, 9.17) is 5.11 Å². The van der Waals surface area contributed by atoms with Crippen LogP contribution in [0.1, 0.15) is 52.4 Å². The van der Waals surface area contributed by atoms with Crippen molar-refractivity contribution >= 4 is 11.9 Å². The highest BCUT2D eigenvalue weighted by Crippen LogP contribution is 2.39. The van der Waals surface area contributed by atoms with Gasteiger partial charge in [-0.1, -0.05) is 20.3 Å². The predicted octanol–water partition coefficient (Wildman–Crippen LogP) is 2.53. The number of hydrogen-bond donors (Lipinski definition) is 1. The van der Waals surface area contributed by atoms with Crippen LogP contribution in [0.5, 0.6) is 0 Å². The highest BCUT2D eigenvalue weighted by Gasteiger charge is 2.36. The Balaban J connectivity index is 1.97. The number of likely N-dealkylation sites (tertiary alicyclic amines) is 1. The second-order valence-electron chi connectivity index (χ2n) is 6.92. The van der Waals surface area contributed by atoms with Gasteiger partial charge in [0.15, 0.2) is 0 Å². The van der Waals surface area contributed by atoms with Crippen LogP contribution in [0.3, 0.4) is 0 Å². The molecule has 4 nitrogen and oxygen atoms in total. The Labute approximate surface area is 115 Å². The number of piperidine rings is 1. The number of aliphatic carboxylic acids is 1. The van der Waals surface area contributed by atoms with Gasteiger partial charge >= 0.3 is 5.97 Å². The molecular formula is C15H25NO3. The van der Waals surface area contributed by atoms with Crippen LogP contribution in [0.2, 0.25) is 0 Å². The fourth-order valence-electron chi connectivity index (χ4n) is 3.55. The topological polar surface area (TPSA) is 57.6 Å². The van der Waals surface area contributed by atoms with Gasteiger partial charge in [-0.3, -0.25) is 9.59 Å². The van der Waals surface area contributed by atoms with E-state index in [2.05, 4.69) is 13.8 Å². The third kappa shape index (κ3) is 3.48. The summed E-state index contributed by atoms with van der Waals surface area (Å²) in [5, 5.41) is 9.09. The summed E-state index contributed by atoms with van der Waals surface area (Å²) in [5.41, 5.74) is 0.251. The summed E-state index contributed by atoms with van der Waals surface area (Å²) >= 11 is 0. The smallest absolute Gasteiger partial charge is 0.308 e. The Morgan fingerprint density at radius 2 is 1.84 bits per heavy atom. The standard InChI is InChI=1S/C15H25NO3/c1-15(2)7-3-5-11(9-15)13(17)16-8-4-6-12(10-16)14(18)19/h11-12H,3-10H2,1-2H3,(H,18,19). The molecule has 1 aliphatic heterocycles. The van der Waals surface area contributed by atoms with Crippen molar-refractivity contribution in [2.24, 2.45) is 17.3 Å². The zero-order valence-corrected chi connectivity index (χ0v) is 12.0. The summed E-state index contributed by atoms with van der Waals surface area (Å²) < 4.78 is 0. The van der Waals surface area contributed by atoms with Crippen molar-refractivity contribution in [3.63, 3.8) is 0 Å². The molecule has 2 atom stereocenters. The van der Waals surface area contributed by atoms with Gasteiger partial charge in [0.1, 0.15) is 0 Å². The SMILES string of the molecule is CC1(C)CCCC(C(=O)N2CCCC(C(=O)O)C2)C1. The lowest BCUT2D eigenvalue weighted by molar-refractivity contribution is -0.147. The number of nitrogens with zero attached hydrogens (tertiary/aromatic N) is 1. The van der Waals surface area contributed by atoms with E-state index in [0.717, 1.165) is 32.2 Å². The van der Waals surface area contributed by atoms with Crippen LogP contribution < -0.4 is 0 Å². The molecule has 0 aromatic rings. The maximum Gasteiger partial charge on any atom is 0.308 e. The molecule has 4 heteroatoms. The maximum absolute atomic E-state index is 12.5. The van der Waals surface area contributed by atoms with Crippen LogP contribution in [0, 0.1) is 17.3 Å². The number of carboxylic acid groups (broad SMARTS) is 1. The van der Waals surface area contributed by atoms with Gasteiger partial charge in [0.25, 0.3) is 0 Å². The normalized spacial score (nSPS) is 30.9. The third-order valence-corrected chi connectivity index (χ3v) is 4.64. The van der Waals surface area contributed by atoms with Crippen LogP contribution in [0.4, 0.5) is 0 Å². The minimum atomic E-state index is -0.763. The molecule has 0 bridgehead atoms. The van der Waals surface area contributed by atoms with Gasteiger partial charge in [-0.25, -0.2) is 0 Å². The monoisotopic (exact) mass is 267 g/mol. The van der Waals surface area contributed by atoms with E-state index < -0.39 is 5.97 Å². The lowest BCUT2D eigenvalue weighted by Gasteiger charge is -2.39. The average Bonchev–Trinajstić information content (AvgIpc) is 2.37. The summed E-state index contributed by atoms with van der Waals surface area (Å²) in [6.07, 6.45) is 5.73. The van der Waals surface area contributed by atoms with E-state index in [0.29, 0.717) is 13.0 Å². The molecule has 0 spiro atoms. The van der Waals surface area contributed by atoms with Crippen molar-refractivity contribution in [3.05, 3.63) is 0 Å². The van der Waals surface area contributed by atoms with E-state index >= 15 is 0 Å². The van der Waals surface area contributed by atoms with Crippen molar-refractivity contribution in [1.29, 1.82) is 0 Å². The number of hydrogen-bond acceptors (Lipinski definition) is 2. The van der Waals surface area contributed by atoms with E-state index in [-0.39, 0.29) is 23.2 Å². The van der Waals surface area contributed by atoms with Crippen molar-refractivity contribution in [2.75, 3.05) is 13.1 Å². The minimum absolute atomic E-state index is 0.108. The average molecular weight is 267 g/mol. The quantitative estimate of drug-likeness (QED) is 0.836. The van der Waals surface area contributed by atoms with E-state index in [9.17, 15) is 9.59 Å². The fraction of sp³-hybridized carbons (Fsp3) is 0.867. The molecule has 1 heterocycles. The van der Waals surface area contributed by atoms with Crippen molar-refractivity contribution in [1.82, 2.24) is 4.90 Å². The molecule has 19 heavy (non-hydrogen) atoms. The van der Waals surface area contributed by atoms with E-state index in [1.54, 1.807) is 4.90 Å². The van der Waals surface area contributed by atoms with Crippen LogP contribution in [-0.4, -0.2) is 35.0 Å². The lowest BCUT2D eigenvalue weighted by Crippen LogP contribution is -2.46. The molecule has 2 unspecified atom stereocenters. The van der Waals surface area contributed by atoms with Gasteiger partial charge in [0.05, 0.1) is 5.92 Å². The Hall–Kier alpha value is -1.06.